The van der Waals surface area contributed by atoms with Crippen LogP contribution in [0.1, 0.15) is 39.0 Å². The molecule has 0 N–H and O–H groups in total. The molecule has 0 aromatic heterocycles. The highest BCUT2D eigenvalue weighted by molar-refractivity contribution is 5.69. The molecule has 0 fully saturated rings. The quantitative estimate of drug-likeness (QED) is 0.467. The molecule has 0 bridgehead atoms. The first-order chi connectivity index (χ1) is 5.83. The molecule has 12 heavy (non-hydrogen) atoms. The summed E-state index contributed by atoms with van der Waals surface area (Å²) in [6, 6.07) is 0. The van der Waals surface area contributed by atoms with Gasteiger partial charge in [-0.05, 0) is 25.3 Å². The van der Waals surface area contributed by atoms with Crippen molar-refractivity contribution in [3.8, 4) is 0 Å². The smallest absolute Gasteiger partial charge is 0.306 e. The fourth-order valence-electron chi connectivity index (χ4n) is 1.32. The molecule has 0 saturated carbocycles. The Bertz CT molecular complexity index is 173. The van der Waals surface area contributed by atoms with Gasteiger partial charge in [0.15, 0.2) is 0 Å². The number of ether oxygens (including phenoxy) is 1. The molecule has 0 radical (unpaired) electrons. The maximum Gasteiger partial charge on any atom is 0.306 e. The zero-order valence-corrected chi connectivity index (χ0v) is 7.58. The molecule has 1 unspecified atom stereocenters. The summed E-state index contributed by atoms with van der Waals surface area (Å²) in [6.45, 7) is 2.10. The van der Waals surface area contributed by atoms with Crippen molar-refractivity contribution in [2.45, 2.75) is 45.1 Å². The number of esters is 1. The van der Waals surface area contributed by atoms with Crippen molar-refractivity contribution in [1.29, 1.82) is 0 Å². The Balaban J connectivity index is 2.46. The molecule has 1 atom stereocenters. The molecular weight excluding hydrogens is 152 g/mol. The first-order valence-corrected chi connectivity index (χ1v) is 4.69. The van der Waals surface area contributed by atoms with Crippen LogP contribution < -0.4 is 0 Å². The van der Waals surface area contributed by atoms with Crippen molar-refractivity contribution in [2.24, 2.45) is 0 Å². The maximum absolute atomic E-state index is 11.1. The fraction of sp³-hybridized carbons (Fsp3) is 0.700. The molecule has 0 amide bonds. The largest absolute Gasteiger partial charge is 0.458 e. The molecule has 1 aliphatic heterocycles. The Hall–Kier alpha value is -0.790. The van der Waals surface area contributed by atoms with Gasteiger partial charge in [0, 0.05) is 6.42 Å². The van der Waals surface area contributed by atoms with Gasteiger partial charge in [0.1, 0.15) is 6.10 Å². The van der Waals surface area contributed by atoms with E-state index in [0.29, 0.717) is 6.42 Å². The van der Waals surface area contributed by atoms with Crippen LogP contribution in [0, 0.1) is 0 Å². The van der Waals surface area contributed by atoms with Crippen molar-refractivity contribution in [3.63, 3.8) is 0 Å². The molecule has 0 saturated heterocycles. The molecule has 0 aliphatic carbocycles. The Morgan fingerprint density at radius 1 is 1.67 bits per heavy atom. The van der Waals surface area contributed by atoms with Crippen molar-refractivity contribution in [3.05, 3.63) is 12.2 Å². The average molecular weight is 168 g/mol. The van der Waals surface area contributed by atoms with Crippen LogP contribution in [0.25, 0.3) is 0 Å². The lowest BCUT2D eigenvalue weighted by Gasteiger charge is -2.15. The maximum atomic E-state index is 11.1. The van der Waals surface area contributed by atoms with E-state index in [-0.39, 0.29) is 12.1 Å². The number of carbonyl (C=O) groups excluding carboxylic acids is 1. The summed E-state index contributed by atoms with van der Waals surface area (Å²) in [5.41, 5.74) is 0. The number of carbonyl (C=O) groups is 1. The summed E-state index contributed by atoms with van der Waals surface area (Å²) in [7, 11) is 0. The number of cyclic esters (lactones) is 1. The monoisotopic (exact) mass is 168 g/mol. The lowest BCUT2D eigenvalue weighted by atomic mass is 10.1. The van der Waals surface area contributed by atoms with Crippen LogP contribution in [-0.2, 0) is 9.53 Å². The minimum atomic E-state index is -0.0437. The van der Waals surface area contributed by atoms with Crippen LogP contribution in [0.15, 0.2) is 12.2 Å². The van der Waals surface area contributed by atoms with Gasteiger partial charge < -0.3 is 4.74 Å². The van der Waals surface area contributed by atoms with E-state index in [1.54, 1.807) is 0 Å². The molecule has 0 aromatic carbocycles. The van der Waals surface area contributed by atoms with Gasteiger partial charge in [0.2, 0.25) is 0 Å². The van der Waals surface area contributed by atoms with E-state index >= 15 is 0 Å². The number of hydrogen-bond acceptors (Lipinski definition) is 2. The molecule has 68 valence electrons. The summed E-state index contributed by atoms with van der Waals surface area (Å²) < 4.78 is 5.21. The van der Waals surface area contributed by atoms with Crippen LogP contribution in [0.2, 0.25) is 0 Å². The van der Waals surface area contributed by atoms with E-state index < -0.39 is 0 Å². The zero-order chi connectivity index (χ0) is 8.81. The lowest BCUT2D eigenvalue weighted by molar-refractivity contribution is -0.147. The first-order valence-electron chi connectivity index (χ1n) is 4.69. The predicted molar refractivity (Wildman–Crippen MR) is 47.8 cm³/mol. The summed E-state index contributed by atoms with van der Waals surface area (Å²) >= 11 is 0. The van der Waals surface area contributed by atoms with E-state index in [0.717, 1.165) is 25.7 Å². The fourth-order valence-corrected chi connectivity index (χ4v) is 1.32. The summed E-state index contributed by atoms with van der Waals surface area (Å²) in [6.07, 6.45) is 8.68. The number of rotatable bonds is 2. The predicted octanol–water partition coefficient (Wildman–Crippen LogP) is 2.44. The molecular formula is C10H16O2. The van der Waals surface area contributed by atoms with Gasteiger partial charge in [-0.3, -0.25) is 4.79 Å². The molecule has 0 spiro atoms. The second-order valence-corrected chi connectivity index (χ2v) is 3.14. The number of hydrogen-bond donors (Lipinski definition) is 0. The third-order valence-corrected chi connectivity index (χ3v) is 1.96. The topological polar surface area (TPSA) is 26.3 Å². The van der Waals surface area contributed by atoms with Gasteiger partial charge in [-0.2, -0.15) is 0 Å². The van der Waals surface area contributed by atoms with Gasteiger partial charge in [0.25, 0.3) is 0 Å². The zero-order valence-electron chi connectivity index (χ0n) is 7.58. The van der Waals surface area contributed by atoms with E-state index in [4.69, 9.17) is 4.74 Å². The Labute approximate surface area is 73.6 Å². The van der Waals surface area contributed by atoms with Crippen LogP contribution in [0.3, 0.4) is 0 Å². The van der Waals surface area contributed by atoms with Crippen molar-refractivity contribution < 1.29 is 9.53 Å². The standard InChI is InChI=1S/C10H16O2/c1-2-6-9-7-4-3-5-8-10(11)12-9/h4,7,9H,2-3,5-6,8H2,1H3. The summed E-state index contributed by atoms with van der Waals surface area (Å²) in [4.78, 5) is 11.1. The minimum absolute atomic E-state index is 0.0304. The highest BCUT2D eigenvalue weighted by Crippen LogP contribution is 2.11. The van der Waals surface area contributed by atoms with Crippen LogP contribution in [-0.4, -0.2) is 12.1 Å². The Morgan fingerprint density at radius 2 is 2.50 bits per heavy atom. The highest BCUT2D eigenvalue weighted by Gasteiger charge is 2.11. The molecule has 1 heterocycles. The van der Waals surface area contributed by atoms with Gasteiger partial charge in [-0.15, -0.1) is 0 Å². The second kappa shape index (κ2) is 4.96. The third-order valence-electron chi connectivity index (χ3n) is 1.96. The van der Waals surface area contributed by atoms with Gasteiger partial charge in [-0.1, -0.05) is 19.4 Å². The van der Waals surface area contributed by atoms with Gasteiger partial charge in [0.05, 0.1) is 0 Å². The average Bonchev–Trinajstić information content (AvgIpc) is 2.00. The van der Waals surface area contributed by atoms with E-state index in [9.17, 15) is 4.79 Å². The molecule has 1 aliphatic rings. The molecule has 2 nitrogen and oxygen atoms in total. The van der Waals surface area contributed by atoms with Crippen LogP contribution in [0.5, 0.6) is 0 Å². The lowest BCUT2D eigenvalue weighted by Crippen LogP contribution is -2.16. The summed E-state index contributed by atoms with van der Waals surface area (Å²) in [5, 5.41) is 0. The van der Waals surface area contributed by atoms with Crippen LogP contribution in [0.4, 0.5) is 0 Å². The molecule has 1 rings (SSSR count). The van der Waals surface area contributed by atoms with Crippen molar-refractivity contribution in [2.75, 3.05) is 0 Å². The van der Waals surface area contributed by atoms with E-state index in [1.807, 2.05) is 6.08 Å². The normalized spacial score (nSPS) is 24.4. The summed E-state index contributed by atoms with van der Waals surface area (Å²) in [5.74, 6) is -0.0437. The van der Waals surface area contributed by atoms with Crippen molar-refractivity contribution in [1.82, 2.24) is 0 Å². The van der Waals surface area contributed by atoms with Gasteiger partial charge >= 0.3 is 5.97 Å². The van der Waals surface area contributed by atoms with Gasteiger partial charge in [-0.25, -0.2) is 0 Å². The third kappa shape index (κ3) is 3.07. The van der Waals surface area contributed by atoms with E-state index in [1.165, 1.54) is 0 Å². The van der Waals surface area contributed by atoms with Crippen LogP contribution >= 0.6 is 0 Å². The minimum Gasteiger partial charge on any atom is -0.458 e. The SMILES string of the molecule is CCCC1C=CCCCC(=O)O1. The Morgan fingerprint density at radius 3 is 3.25 bits per heavy atom. The highest BCUT2D eigenvalue weighted by atomic mass is 16.5. The second-order valence-electron chi connectivity index (χ2n) is 3.14. The van der Waals surface area contributed by atoms with Crippen molar-refractivity contribution >= 4 is 5.97 Å². The van der Waals surface area contributed by atoms with E-state index in [2.05, 4.69) is 13.0 Å². The number of allylic oxidation sites excluding steroid dienone is 1. The first kappa shape index (κ1) is 9.30. The molecule has 2 heteroatoms. The molecule has 0 aromatic rings. The Kier molecular flexibility index (Phi) is 3.85.